The highest BCUT2D eigenvalue weighted by Crippen LogP contribution is 2.21. The number of anilines is 1. The van der Waals surface area contributed by atoms with Crippen molar-refractivity contribution in [2.24, 2.45) is 0 Å². The van der Waals surface area contributed by atoms with Gasteiger partial charge in [0.05, 0.1) is 0 Å². The van der Waals surface area contributed by atoms with Crippen LogP contribution in [0, 0.1) is 10.1 Å². The molecule has 7 nitrogen and oxygen atoms in total. The Balaban J connectivity index is 2.68. The van der Waals surface area contributed by atoms with E-state index in [1.54, 1.807) is 0 Å². The van der Waals surface area contributed by atoms with Crippen molar-refractivity contribution in [2.45, 2.75) is 19.4 Å². The van der Waals surface area contributed by atoms with E-state index in [-0.39, 0.29) is 11.4 Å². The van der Waals surface area contributed by atoms with Crippen LogP contribution in [0.3, 0.4) is 0 Å². The quantitative estimate of drug-likeness (QED) is 0.580. The van der Waals surface area contributed by atoms with Gasteiger partial charge in [-0.15, -0.1) is 5.10 Å². The van der Waals surface area contributed by atoms with Crippen LogP contribution in [0.25, 0.3) is 0 Å². The minimum Gasteiger partial charge on any atom is -0.375 e. The van der Waals surface area contributed by atoms with Gasteiger partial charge < -0.3 is 20.3 Å². The predicted molar refractivity (Wildman–Crippen MR) is 61.5 cm³/mol. The summed E-state index contributed by atoms with van der Waals surface area (Å²) in [5.74, 6) is -0.102. The van der Waals surface area contributed by atoms with Crippen LogP contribution in [0.1, 0.15) is 13.8 Å². The zero-order valence-electron chi connectivity index (χ0n) is 9.94. The molecule has 90 valence electrons. The van der Waals surface area contributed by atoms with Crippen LogP contribution in [0.5, 0.6) is 0 Å². The minimum atomic E-state index is -0.488. The molecule has 0 amide bonds. The molecule has 0 saturated carbocycles. The third kappa shape index (κ3) is 2.69. The molecule has 1 aromatic heterocycles. The Morgan fingerprint density at radius 1 is 1.62 bits per heavy atom. The van der Waals surface area contributed by atoms with E-state index in [2.05, 4.69) is 15.5 Å². The summed E-state index contributed by atoms with van der Waals surface area (Å²) in [5.41, 5.74) is 0.324. The molecular weight excluding hydrogens is 210 g/mol. The molecule has 0 aliphatic heterocycles. The molecule has 0 aliphatic rings. The number of aromatic nitrogens is 2. The number of nitro groups is 1. The van der Waals surface area contributed by atoms with Crippen molar-refractivity contribution in [1.29, 1.82) is 0 Å². The van der Waals surface area contributed by atoms with Gasteiger partial charge in [-0.2, -0.15) is 0 Å². The lowest BCUT2D eigenvalue weighted by Gasteiger charge is -2.32. The van der Waals surface area contributed by atoms with Gasteiger partial charge in [-0.25, -0.2) is 0 Å². The van der Waals surface area contributed by atoms with Crippen molar-refractivity contribution in [3.8, 4) is 0 Å². The molecule has 0 radical (unpaired) electrons. The number of hydrogen-bond donors (Lipinski definition) is 2. The van der Waals surface area contributed by atoms with E-state index in [0.29, 0.717) is 12.2 Å². The molecule has 0 spiro atoms. The number of nitrogens with zero attached hydrogens (tertiary/aromatic N) is 3. The lowest BCUT2D eigenvalue weighted by Crippen LogP contribution is -2.44. The Hall–Kier alpha value is -1.63. The molecule has 16 heavy (non-hydrogen) atoms. The van der Waals surface area contributed by atoms with E-state index >= 15 is 0 Å². The molecule has 0 aliphatic carbocycles. The van der Waals surface area contributed by atoms with Crippen molar-refractivity contribution >= 4 is 11.5 Å². The molecule has 0 fully saturated rings. The molecule has 0 bridgehead atoms. The lowest BCUT2D eigenvalue weighted by molar-refractivity contribution is -0.388. The Morgan fingerprint density at radius 3 is 2.75 bits per heavy atom. The van der Waals surface area contributed by atoms with E-state index in [0.717, 1.165) is 0 Å². The van der Waals surface area contributed by atoms with Crippen molar-refractivity contribution in [1.82, 2.24) is 15.1 Å². The molecule has 7 heteroatoms. The predicted octanol–water partition coefficient (Wildman–Crippen LogP) is 1.07. The van der Waals surface area contributed by atoms with Crippen LogP contribution in [0.4, 0.5) is 11.5 Å². The summed E-state index contributed by atoms with van der Waals surface area (Å²) >= 11 is 0. The van der Waals surface area contributed by atoms with Gasteiger partial charge in [0, 0.05) is 12.1 Å². The first-order valence-corrected chi connectivity index (χ1v) is 4.93. The summed E-state index contributed by atoms with van der Waals surface area (Å²) < 4.78 is 0. The van der Waals surface area contributed by atoms with Gasteiger partial charge in [-0.1, -0.05) is 5.10 Å². The van der Waals surface area contributed by atoms with Crippen molar-refractivity contribution in [3.05, 3.63) is 16.3 Å². The molecule has 1 rings (SSSR count). The summed E-state index contributed by atoms with van der Waals surface area (Å²) in [6.45, 7) is 4.69. The summed E-state index contributed by atoms with van der Waals surface area (Å²) in [7, 11) is 3.93. The molecule has 1 heterocycles. The minimum absolute atomic E-state index is 0.0921. The molecule has 0 aromatic carbocycles. The third-order valence-corrected chi connectivity index (χ3v) is 2.72. The zero-order chi connectivity index (χ0) is 12.3. The van der Waals surface area contributed by atoms with Crippen LogP contribution in [0.2, 0.25) is 0 Å². The van der Waals surface area contributed by atoms with Gasteiger partial charge in [-0.05, 0) is 32.9 Å². The fraction of sp³-hybridized carbons (Fsp3) is 0.667. The number of H-pyrrole nitrogens is 1. The highest BCUT2D eigenvalue weighted by Gasteiger charge is 2.22. The standard InChI is InChI=1S/C9H17N5O2/c1-9(2,13(3)4)6-10-7-5-11-12-8(7)14(15)16/h5,10H,6H2,1-4H3,(H,11,12). The second kappa shape index (κ2) is 4.48. The monoisotopic (exact) mass is 227 g/mol. The number of likely N-dealkylation sites (N-methyl/N-ethyl adjacent to an activating group) is 1. The maximum atomic E-state index is 10.6. The van der Waals surface area contributed by atoms with Crippen LogP contribution < -0.4 is 5.32 Å². The number of aromatic amines is 1. The summed E-state index contributed by atoms with van der Waals surface area (Å²) in [6, 6.07) is 0. The SMILES string of the molecule is CN(C)C(C)(C)CNc1cn[nH]c1[N+](=O)[O-]. The third-order valence-electron chi connectivity index (χ3n) is 2.72. The van der Waals surface area contributed by atoms with Gasteiger partial charge in [0.2, 0.25) is 0 Å². The molecule has 0 unspecified atom stereocenters. The molecule has 1 aromatic rings. The maximum absolute atomic E-state index is 10.6. The fourth-order valence-electron chi connectivity index (χ4n) is 1.02. The highest BCUT2D eigenvalue weighted by atomic mass is 16.6. The number of hydrogen-bond acceptors (Lipinski definition) is 5. The summed E-state index contributed by atoms with van der Waals surface area (Å²) in [4.78, 5) is 12.2. The second-order valence-corrected chi connectivity index (χ2v) is 4.45. The summed E-state index contributed by atoms with van der Waals surface area (Å²) in [6.07, 6.45) is 1.42. The van der Waals surface area contributed by atoms with Crippen LogP contribution >= 0.6 is 0 Å². The van der Waals surface area contributed by atoms with E-state index in [4.69, 9.17) is 0 Å². The van der Waals surface area contributed by atoms with Gasteiger partial charge >= 0.3 is 5.82 Å². The first-order valence-electron chi connectivity index (χ1n) is 4.93. The first kappa shape index (κ1) is 12.4. The van der Waals surface area contributed by atoms with Crippen molar-refractivity contribution in [2.75, 3.05) is 26.0 Å². The van der Waals surface area contributed by atoms with Crippen molar-refractivity contribution < 1.29 is 4.92 Å². The zero-order valence-corrected chi connectivity index (χ0v) is 9.94. The molecule has 0 atom stereocenters. The Morgan fingerprint density at radius 2 is 2.25 bits per heavy atom. The molecule has 0 saturated heterocycles. The second-order valence-electron chi connectivity index (χ2n) is 4.45. The van der Waals surface area contributed by atoms with Crippen LogP contribution in [0.15, 0.2) is 6.20 Å². The van der Waals surface area contributed by atoms with Crippen LogP contribution in [-0.2, 0) is 0 Å². The smallest absolute Gasteiger partial charge is 0.366 e. The normalized spacial score (nSPS) is 11.8. The average molecular weight is 227 g/mol. The largest absolute Gasteiger partial charge is 0.375 e. The lowest BCUT2D eigenvalue weighted by atomic mass is 10.0. The Kier molecular flexibility index (Phi) is 3.48. The van der Waals surface area contributed by atoms with E-state index in [1.807, 2.05) is 32.8 Å². The maximum Gasteiger partial charge on any atom is 0.366 e. The summed E-state index contributed by atoms with van der Waals surface area (Å²) in [5, 5.41) is 19.6. The van der Waals surface area contributed by atoms with E-state index in [1.165, 1.54) is 6.20 Å². The first-order chi connectivity index (χ1) is 7.34. The molecule has 2 N–H and O–H groups in total. The highest BCUT2D eigenvalue weighted by molar-refractivity contribution is 5.55. The Bertz CT molecular complexity index is 372. The average Bonchev–Trinajstić information content (AvgIpc) is 2.62. The Labute approximate surface area is 94.0 Å². The van der Waals surface area contributed by atoms with E-state index < -0.39 is 4.92 Å². The van der Waals surface area contributed by atoms with E-state index in [9.17, 15) is 10.1 Å². The van der Waals surface area contributed by atoms with Gasteiger partial charge in [-0.3, -0.25) is 0 Å². The molecular formula is C9H17N5O2. The number of rotatable bonds is 5. The van der Waals surface area contributed by atoms with Gasteiger partial charge in [0.15, 0.2) is 5.69 Å². The fourth-order valence-corrected chi connectivity index (χ4v) is 1.02. The van der Waals surface area contributed by atoms with Crippen molar-refractivity contribution in [3.63, 3.8) is 0 Å². The van der Waals surface area contributed by atoms with Gasteiger partial charge in [0.1, 0.15) is 6.20 Å². The van der Waals surface area contributed by atoms with Crippen LogP contribution in [-0.4, -0.2) is 46.2 Å². The topological polar surface area (TPSA) is 87.1 Å². The number of nitrogens with one attached hydrogen (secondary N) is 2. The van der Waals surface area contributed by atoms with Gasteiger partial charge in [0.25, 0.3) is 0 Å².